The molecule has 28 heavy (non-hydrogen) atoms. The van der Waals surface area contributed by atoms with Crippen LogP contribution in [0.4, 0.5) is 5.69 Å². The Morgan fingerprint density at radius 3 is 2.18 bits per heavy atom. The predicted molar refractivity (Wildman–Crippen MR) is 108 cm³/mol. The molecule has 3 aromatic rings. The van der Waals surface area contributed by atoms with Gasteiger partial charge in [0.1, 0.15) is 0 Å². The summed E-state index contributed by atoms with van der Waals surface area (Å²) in [7, 11) is 0. The molecule has 0 unspecified atom stereocenters. The number of nitrogens with zero attached hydrogens (tertiary/aromatic N) is 1. The number of carbonyl (C=O) groups excluding carboxylic acids is 3. The van der Waals surface area contributed by atoms with Gasteiger partial charge in [0.25, 0.3) is 11.8 Å². The van der Waals surface area contributed by atoms with Gasteiger partial charge in [0, 0.05) is 35.2 Å². The first-order valence-electron chi connectivity index (χ1n) is 9.21. The van der Waals surface area contributed by atoms with Gasteiger partial charge in [-0.1, -0.05) is 42.0 Å². The van der Waals surface area contributed by atoms with Gasteiger partial charge in [-0.3, -0.25) is 19.3 Å². The van der Waals surface area contributed by atoms with Crippen molar-refractivity contribution in [2.24, 2.45) is 0 Å². The summed E-state index contributed by atoms with van der Waals surface area (Å²) in [6.45, 7) is 3.96. The van der Waals surface area contributed by atoms with Gasteiger partial charge < -0.3 is 5.32 Å². The van der Waals surface area contributed by atoms with Crippen LogP contribution >= 0.6 is 0 Å². The molecule has 5 nitrogen and oxygen atoms in total. The zero-order valence-corrected chi connectivity index (χ0v) is 15.8. The summed E-state index contributed by atoms with van der Waals surface area (Å²) in [5.41, 5.74) is 3.83. The quantitative estimate of drug-likeness (QED) is 0.702. The fraction of sp³-hybridized carbons (Fsp3) is 0.174. The summed E-state index contributed by atoms with van der Waals surface area (Å²) < 4.78 is 0. The van der Waals surface area contributed by atoms with E-state index in [-0.39, 0.29) is 30.7 Å². The summed E-state index contributed by atoms with van der Waals surface area (Å²) in [5.74, 6) is -0.938. The topological polar surface area (TPSA) is 66.5 Å². The Morgan fingerprint density at radius 2 is 1.57 bits per heavy atom. The lowest BCUT2D eigenvalue weighted by Gasteiger charge is -2.27. The van der Waals surface area contributed by atoms with E-state index in [0.717, 1.165) is 22.2 Å². The van der Waals surface area contributed by atoms with Gasteiger partial charge in [-0.15, -0.1) is 0 Å². The number of imide groups is 1. The SMILES string of the molecule is Cc1ccc(NC(=O)CCN2C(=O)c3cccc4cccc(c34)C2=O)c(C)c1. The maximum absolute atomic E-state index is 12.8. The number of benzene rings is 3. The first-order valence-corrected chi connectivity index (χ1v) is 9.21. The Hall–Kier alpha value is -3.47. The fourth-order valence-corrected chi connectivity index (χ4v) is 3.66. The van der Waals surface area contributed by atoms with E-state index in [0.29, 0.717) is 16.5 Å². The van der Waals surface area contributed by atoms with Crippen molar-refractivity contribution in [3.05, 3.63) is 76.9 Å². The highest BCUT2D eigenvalue weighted by molar-refractivity contribution is 6.25. The van der Waals surface area contributed by atoms with Gasteiger partial charge >= 0.3 is 0 Å². The molecule has 1 N–H and O–H groups in total. The fourth-order valence-electron chi connectivity index (χ4n) is 3.66. The van der Waals surface area contributed by atoms with Crippen molar-refractivity contribution in [1.29, 1.82) is 0 Å². The van der Waals surface area contributed by atoms with E-state index in [1.807, 2.05) is 44.2 Å². The zero-order valence-electron chi connectivity index (χ0n) is 15.8. The predicted octanol–water partition coefficient (Wildman–Crippen LogP) is 4.08. The van der Waals surface area contributed by atoms with Gasteiger partial charge in [0.2, 0.25) is 5.91 Å². The standard InChI is InChI=1S/C23H20N2O3/c1-14-9-10-19(15(2)13-14)24-20(26)11-12-25-22(27)17-7-3-5-16-6-4-8-18(21(16)17)23(25)28/h3-10,13H,11-12H2,1-2H3,(H,24,26). The minimum Gasteiger partial charge on any atom is -0.326 e. The van der Waals surface area contributed by atoms with E-state index < -0.39 is 0 Å². The van der Waals surface area contributed by atoms with Crippen LogP contribution < -0.4 is 5.32 Å². The third-order valence-corrected chi connectivity index (χ3v) is 5.07. The molecule has 3 amide bonds. The van der Waals surface area contributed by atoms with Crippen LogP contribution in [-0.2, 0) is 4.79 Å². The van der Waals surface area contributed by atoms with Crippen LogP contribution in [0.15, 0.2) is 54.6 Å². The first-order chi connectivity index (χ1) is 13.5. The number of hydrogen-bond donors (Lipinski definition) is 1. The highest BCUT2D eigenvalue weighted by Crippen LogP contribution is 2.30. The summed E-state index contributed by atoms with van der Waals surface area (Å²) in [4.78, 5) is 39.2. The van der Waals surface area contributed by atoms with Crippen molar-refractivity contribution < 1.29 is 14.4 Å². The average Bonchev–Trinajstić information content (AvgIpc) is 2.68. The van der Waals surface area contributed by atoms with Gasteiger partial charge in [-0.25, -0.2) is 0 Å². The summed E-state index contributed by atoms with van der Waals surface area (Å²) >= 11 is 0. The number of aryl methyl sites for hydroxylation is 2. The molecule has 140 valence electrons. The third-order valence-electron chi connectivity index (χ3n) is 5.07. The number of hydrogen-bond acceptors (Lipinski definition) is 3. The molecule has 1 aliphatic rings. The minimum atomic E-state index is -0.353. The monoisotopic (exact) mass is 372 g/mol. The lowest BCUT2D eigenvalue weighted by atomic mass is 9.94. The van der Waals surface area contributed by atoms with Crippen LogP contribution in [0, 0.1) is 13.8 Å². The molecule has 0 radical (unpaired) electrons. The average molecular weight is 372 g/mol. The van der Waals surface area contributed by atoms with E-state index in [1.54, 1.807) is 24.3 Å². The van der Waals surface area contributed by atoms with Crippen LogP contribution in [0.5, 0.6) is 0 Å². The minimum absolute atomic E-state index is 0.0408. The summed E-state index contributed by atoms with van der Waals surface area (Å²) in [5, 5.41) is 4.41. The lowest BCUT2D eigenvalue weighted by molar-refractivity contribution is -0.116. The van der Waals surface area contributed by atoms with Crippen molar-refractivity contribution >= 4 is 34.2 Å². The molecule has 1 heterocycles. The van der Waals surface area contributed by atoms with Crippen LogP contribution in [0.3, 0.4) is 0 Å². The van der Waals surface area contributed by atoms with Crippen LogP contribution in [0.25, 0.3) is 10.8 Å². The van der Waals surface area contributed by atoms with E-state index in [9.17, 15) is 14.4 Å². The number of nitrogens with one attached hydrogen (secondary N) is 1. The molecule has 0 aliphatic carbocycles. The normalized spacial score (nSPS) is 13.1. The number of rotatable bonds is 4. The van der Waals surface area contributed by atoms with E-state index in [2.05, 4.69) is 5.32 Å². The highest BCUT2D eigenvalue weighted by atomic mass is 16.2. The Labute approximate surface area is 163 Å². The van der Waals surface area contributed by atoms with Crippen molar-refractivity contribution in [2.75, 3.05) is 11.9 Å². The molecular formula is C23H20N2O3. The van der Waals surface area contributed by atoms with Crippen molar-refractivity contribution in [3.63, 3.8) is 0 Å². The Bertz CT molecular complexity index is 1080. The van der Waals surface area contributed by atoms with E-state index in [1.165, 1.54) is 4.90 Å². The number of carbonyl (C=O) groups is 3. The number of amides is 3. The molecule has 0 fully saturated rings. The zero-order chi connectivity index (χ0) is 19.8. The maximum Gasteiger partial charge on any atom is 0.261 e. The van der Waals surface area contributed by atoms with Gasteiger partial charge in [0.15, 0.2) is 0 Å². The molecule has 1 aliphatic heterocycles. The van der Waals surface area contributed by atoms with E-state index in [4.69, 9.17) is 0 Å². The Morgan fingerprint density at radius 1 is 0.929 bits per heavy atom. The number of anilines is 1. The maximum atomic E-state index is 12.8. The molecule has 5 heteroatoms. The molecule has 3 aromatic carbocycles. The van der Waals surface area contributed by atoms with Crippen molar-refractivity contribution in [3.8, 4) is 0 Å². The molecule has 0 saturated carbocycles. The van der Waals surface area contributed by atoms with Crippen LogP contribution in [0.2, 0.25) is 0 Å². The van der Waals surface area contributed by atoms with Crippen LogP contribution in [0.1, 0.15) is 38.3 Å². The second-order valence-electron chi connectivity index (χ2n) is 7.09. The molecular weight excluding hydrogens is 352 g/mol. The van der Waals surface area contributed by atoms with Gasteiger partial charge in [-0.05, 0) is 43.0 Å². The lowest BCUT2D eigenvalue weighted by Crippen LogP contribution is -2.41. The highest BCUT2D eigenvalue weighted by Gasteiger charge is 2.32. The molecule has 0 spiro atoms. The van der Waals surface area contributed by atoms with Crippen molar-refractivity contribution in [1.82, 2.24) is 4.90 Å². The molecule has 0 aromatic heterocycles. The van der Waals surface area contributed by atoms with Crippen molar-refractivity contribution in [2.45, 2.75) is 20.3 Å². The smallest absolute Gasteiger partial charge is 0.261 e. The second kappa shape index (κ2) is 6.93. The molecule has 4 rings (SSSR count). The van der Waals surface area contributed by atoms with Gasteiger partial charge in [-0.2, -0.15) is 0 Å². The molecule has 0 atom stereocenters. The van der Waals surface area contributed by atoms with Crippen LogP contribution in [-0.4, -0.2) is 29.2 Å². The Kier molecular flexibility index (Phi) is 4.43. The first kappa shape index (κ1) is 17.9. The second-order valence-corrected chi connectivity index (χ2v) is 7.09. The van der Waals surface area contributed by atoms with E-state index >= 15 is 0 Å². The Balaban J connectivity index is 1.52. The molecule has 0 saturated heterocycles. The largest absolute Gasteiger partial charge is 0.326 e. The third kappa shape index (κ3) is 3.05. The van der Waals surface area contributed by atoms with Gasteiger partial charge in [0.05, 0.1) is 0 Å². The molecule has 0 bridgehead atoms. The summed E-state index contributed by atoms with van der Waals surface area (Å²) in [6.07, 6.45) is 0.0446. The summed E-state index contributed by atoms with van der Waals surface area (Å²) in [6, 6.07) is 16.6.